The molecular weight excluding hydrogens is 451 g/mol. The lowest BCUT2D eigenvalue weighted by Gasteiger charge is -2.62. The number of hydrogen-bond acceptors (Lipinski definition) is 3. The number of nitrogens with one attached hydrogen (secondary N) is 1. The van der Waals surface area contributed by atoms with Gasteiger partial charge in [-0.2, -0.15) is 0 Å². The summed E-state index contributed by atoms with van der Waals surface area (Å²) in [7, 11) is 0. The monoisotopic (exact) mass is 486 g/mol. The van der Waals surface area contributed by atoms with Gasteiger partial charge in [0, 0.05) is 42.8 Å². The zero-order chi connectivity index (χ0) is 18.8. The SMILES string of the molecule is CCNC(=NCc1ccc(N2CCOCC2)cc1)N1CC(C)(C)C1(C)C.I. The molecule has 1 aromatic carbocycles. The average molecular weight is 486 g/mol. The standard InChI is InChI=1S/C21H34N4O.HI/c1-6-22-19(25-16-20(2,3)21(25,4)5)23-15-17-7-9-18(10-8-17)24-11-13-26-14-12-24;/h7-10H,6,11-16H2,1-5H3,(H,22,23);1H. The molecule has 0 radical (unpaired) electrons. The van der Waals surface area contributed by atoms with Gasteiger partial charge in [-0.1, -0.05) is 26.0 Å². The Hall–Kier alpha value is -1.02. The van der Waals surface area contributed by atoms with Crippen molar-refractivity contribution in [2.75, 3.05) is 44.3 Å². The summed E-state index contributed by atoms with van der Waals surface area (Å²) in [5.74, 6) is 1.02. The fourth-order valence-corrected chi connectivity index (χ4v) is 3.59. The van der Waals surface area contributed by atoms with E-state index in [2.05, 4.69) is 74.0 Å². The number of hydrogen-bond donors (Lipinski definition) is 1. The van der Waals surface area contributed by atoms with Crippen LogP contribution in [0.15, 0.2) is 29.3 Å². The molecule has 5 nitrogen and oxygen atoms in total. The second-order valence-corrected chi connectivity index (χ2v) is 8.47. The predicted octanol–water partition coefficient (Wildman–Crippen LogP) is 3.73. The molecular formula is C21H35IN4O. The summed E-state index contributed by atoms with van der Waals surface area (Å²) in [5.41, 5.74) is 2.95. The molecule has 0 aromatic heterocycles. The molecule has 0 spiro atoms. The first-order chi connectivity index (χ1) is 12.3. The van der Waals surface area contributed by atoms with Crippen molar-refractivity contribution >= 4 is 35.6 Å². The molecule has 2 fully saturated rings. The van der Waals surface area contributed by atoms with Gasteiger partial charge in [-0.15, -0.1) is 24.0 Å². The topological polar surface area (TPSA) is 40.1 Å². The maximum Gasteiger partial charge on any atom is 0.194 e. The molecule has 0 amide bonds. The van der Waals surface area contributed by atoms with Gasteiger partial charge in [0.05, 0.1) is 19.8 Å². The van der Waals surface area contributed by atoms with E-state index in [-0.39, 0.29) is 29.5 Å². The van der Waals surface area contributed by atoms with Crippen LogP contribution in [0.5, 0.6) is 0 Å². The van der Waals surface area contributed by atoms with Gasteiger partial charge >= 0.3 is 0 Å². The zero-order valence-corrected chi connectivity index (χ0v) is 19.7. The van der Waals surface area contributed by atoms with Gasteiger partial charge in [-0.05, 0) is 38.5 Å². The van der Waals surface area contributed by atoms with Gasteiger partial charge in [-0.3, -0.25) is 0 Å². The van der Waals surface area contributed by atoms with Gasteiger partial charge in [0.25, 0.3) is 0 Å². The highest BCUT2D eigenvalue weighted by molar-refractivity contribution is 14.0. The van der Waals surface area contributed by atoms with E-state index in [1.807, 2.05) is 0 Å². The molecule has 1 aromatic rings. The van der Waals surface area contributed by atoms with Gasteiger partial charge in [0.15, 0.2) is 5.96 Å². The number of nitrogens with zero attached hydrogens (tertiary/aromatic N) is 3. The Balaban J connectivity index is 0.00000261. The van der Waals surface area contributed by atoms with Crippen LogP contribution in [0.3, 0.4) is 0 Å². The van der Waals surface area contributed by atoms with Gasteiger partial charge in [-0.25, -0.2) is 4.99 Å². The second-order valence-electron chi connectivity index (χ2n) is 8.47. The molecule has 152 valence electrons. The van der Waals surface area contributed by atoms with Crippen LogP contribution in [0.2, 0.25) is 0 Å². The van der Waals surface area contributed by atoms with Crippen molar-refractivity contribution in [3.05, 3.63) is 29.8 Å². The minimum atomic E-state index is 0. The highest BCUT2D eigenvalue weighted by Gasteiger charge is 2.53. The van der Waals surface area contributed by atoms with Crippen LogP contribution in [0, 0.1) is 5.41 Å². The summed E-state index contributed by atoms with van der Waals surface area (Å²) in [4.78, 5) is 9.69. The molecule has 2 aliphatic heterocycles. The van der Waals surface area contributed by atoms with E-state index < -0.39 is 0 Å². The quantitative estimate of drug-likeness (QED) is 0.400. The van der Waals surface area contributed by atoms with Crippen LogP contribution in [0.25, 0.3) is 0 Å². The molecule has 27 heavy (non-hydrogen) atoms. The fourth-order valence-electron chi connectivity index (χ4n) is 3.59. The molecule has 0 atom stereocenters. The number of aliphatic imine (C=N–C) groups is 1. The third-order valence-corrected chi connectivity index (χ3v) is 6.20. The summed E-state index contributed by atoms with van der Waals surface area (Å²) in [6.07, 6.45) is 0. The van der Waals surface area contributed by atoms with Crippen molar-refractivity contribution in [2.45, 2.75) is 46.7 Å². The molecule has 3 rings (SSSR count). The van der Waals surface area contributed by atoms with E-state index in [1.54, 1.807) is 0 Å². The van der Waals surface area contributed by atoms with Gasteiger partial charge < -0.3 is 19.9 Å². The number of rotatable bonds is 4. The third kappa shape index (κ3) is 4.70. The van der Waals surface area contributed by atoms with Crippen LogP contribution in [-0.2, 0) is 11.3 Å². The van der Waals surface area contributed by atoms with Crippen molar-refractivity contribution < 1.29 is 4.74 Å². The van der Waals surface area contributed by atoms with Gasteiger partial charge in [0.2, 0.25) is 0 Å². The average Bonchev–Trinajstić information content (AvgIpc) is 2.64. The van der Waals surface area contributed by atoms with E-state index in [9.17, 15) is 0 Å². The minimum Gasteiger partial charge on any atom is -0.378 e. The van der Waals surface area contributed by atoms with Crippen LogP contribution >= 0.6 is 24.0 Å². The largest absolute Gasteiger partial charge is 0.378 e. The summed E-state index contributed by atoms with van der Waals surface area (Å²) in [5, 5.41) is 3.47. The van der Waals surface area contributed by atoms with Crippen molar-refractivity contribution in [2.24, 2.45) is 10.4 Å². The molecule has 0 aliphatic carbocycles. The summed E-state index contributed by atoms with van der Waals surface area (Å²) in [6, 6.07) is 8.81. The van der Waals surface area contributed by atoms with E-state index in [0.717, 1.165) is 45.4 Å². The lowest BCUT2D eigenvalue weighted by Crippen LogP contribution is -2.72. The molecule has 1 N–H and O–H groups in total. The van der Waals surface area contributed by atoms with Crippen LogP contribution in [-0.4, -0.2) is 55.8 Å². The van der Waals surface area contributed by atoms with Crippen molar-refractivity contribution in [1.29, 1.82) is 0 Å². The van der Waals surface area contributed by atoms with Crippen molar-refractivity contribution in [1.82, 2.24) is 10.2 Å². The van der Waals surface area contributed by atoms with E-state index >= 15 is 0 Å². The van der Waals surface area contributed by atoms with E-state index in [0.29, 0.717) is 12.0 Å². The van der Waals surface area contributed by atoms with Crippen LogP contribution < -0.4 is 10.2 Å². The number of likely N-dealkylation sites (tertiary alicyclic amines) is 1. The molecule has 6 heteroatoms. The normalized spacial score (nSPS) is 21.3. The number of benzene rings is 1. The first kappa shape index (κ1) is 22.3. The Morgan fingerprint density at radius 3 is 2.26 bits per heavy atom. The predicted molar refractivity (Wildman–Crippen MR) is 124 cm³/mol. The Labute approximate surface area is 181 Å². The fraction of sp³-hybridized carbons (Fsp3) is 0.667. The summed E-state index contributed by atoms with van der Waals surface area (Å²) >= 11 is 0. The minimum absolute atomic E-state index is 0. The summed E-state index contributed by atoms with van der Waals surface area (Å²) < 4.78 is 5.43. The number of morpholine rings is 1. The highest BCUT2D eigenvalue weighted by Crippen LogP contribution is 2.46. The lowest BCUT2D eigenvalue weighted by molar-refractivity contribution is -0.0667. The first-order valence-electron chi connectivity index (χ1n) is 9.83. The maximum absolute atomic E-state index is 5.43. The highest BCUT2D eigenvalue weighted by atomic mass is 127. The molecule has 0 bridgehead atoms. The molecule has 0 unspecified atom stereocenters. The van der Waals surface area contributed by atoms with Gasteiger partial charge in [0.1, 0.15) is 0 Å². The number of guanidine groups is 1. The maximum atomic E-state index is 5.43. The van der Waals surface area contributed by atoms with E-state index in [1.165, 1.54) is 11.3 Å². The Morgan fingerprint density at radius 1 is 1.11 bits per heavy atom. The number of ether oxygens (including phenoxy) is 1. The molecule has 2 aliphatic rings. The Bertz CT molecular complexity index is 636. The second kappa shape index (κ2) is 8.99. The first-order valence-corrected chi connectivity index (χ1v) is 9.83. The zero-order valence-electron chi connectivity index (χ0n) is 17.4. The van der Waals surface area contributed by atoms with Crippen molar-refractivity contribution in [3.8, 4) is 0 Å². The third-order valence-electron chi connectivity index (χ3n) is 6.20. The molecule has 0 saturated carbocycles. The van der Waals surface area contributed by atoms with E-state index in [4.69, 9.17) is 9.73 Å². The lowest BCUT2D eigenvalue weighted by atomic mass is 9.65. The van der Waals surface area contributed by atoms with Crippen LogP contribution in [0.4, 0.5) is 5.69 Å². The smallest absolute Gasteiger partial charge is 0.194 e. The summed E-state index contributed by atoms with van der Waals surface area (Å²) in [6.45, 7) is 17.6. The number of halogens is 1. The van der Waals surface area contributed by atoms with Crippen molar-refractivity contribution in [3.63, 3.8) is 0 Å². The Morgan fingerprint density at radius 2 is 1.74 bits per heavy atom. The molecule has 2 saturated heterocycles. The number of anilines is 1. The van der Waals surface area contributed by atoms with Crippen LogP contribution in [0.1, 0.15) is 40.2 Å². The molecule has 2 heterocycles. The Kier molecular flexibility index (Phi) is 7.41.